The summed E-state index contributed by atoms with van der Waals surface area (Å²) in [6, 6.07) is 3.44. The van der Waals surface area contributed by atoms with Gasteiger partial charge in [-0.15, -0.1) is 0 Å². The molecular formula is C11H21N3. The van der Waals surface area contributed by atoms with E-state index in [1.165, 1.54) is 12.8 Å². The van der Waals surface area contributed by atoms with Gasteiger partial charge in [-0.1, -0.05) is 0 Å². The number of nitrogens with zero attached hydrogens (tertiary/aromatic N) is 2. The maximum atomic E-state index is 9.15. The molecule has 3 nitrogen and oxygen atoms in total. The molecule has 1 fully saturated rings. The molecule has 0 radical (unpaired) electrons. The third kappa shape index (κ3) is 3.28. The standard InChI is InChI=1S/C11H21N3/c1-9(2)13-11(3,7-12)8-14(4)10-5-6-10/h9-10,13H,5-6,8H2,1-4H3. The van der Waals surface area contributed by atoms with Crippen LogP contribution in [-0.2, 0) is 0 Å². The largest absolute Gasteiger partial charge is 0.301 e. The zero-order chi connectivity index (χ0) is 10.8. The van der Waals surface area contributed by atoms with Crippen molar-refractivity contribution in [3.05, 3.63) is 0 Å². The van der Waals surface area contributed by atoms with E-state index in [1.54, 1.807) is 0 Å². The molecule has 0 aromatic rings. The van der Waals surface area contributed by atoms with E-state index in [9.17, 15) is 0 Å². The summed E-state index contributed by atoms with van der Waals surface area (Å²) in [4.78, 5) is 2.29. The molecular weight excluding hydrogens is 174 g/mol. The molecule has 0 aromatic heterocycles. The Balaban J connectivity index is 2.47. The minimum absolute atomic E-state index is 0.354. The van der Waals surface area contributed by atoms with Crippen LogP contribution in [0.25, 0.3) is 0 Å². The van der Waals surface area contributed by atoms with E-state index in [2.05, 4.69) is 37.2 Å². The van der Waals surface area contributed by atoms with Gasteiger partial charge in [-0.3, -0.25) is 5.32 Å². The second-order valence-electron chi connectivity index (χ2n) is 4.89. The zero-order valence-electron chi connectivity index (χ0n) is 9.67. The molecule has 1 aliphatic rings. The lowest BCUT2D eigenvalue weighted by Crippen LogP contribution is -2.52. The smallest absolute Gasteiger partial charge is 0.116 e. The van der Waals surface area contributed by atoms with Crippen molar-refractivity contribution in [3.63, 3.8) is 0 Å². The van der Waals surface area contributed by atoms with Gasteiger partial charge in [-0.25, -0.2) is 0 Å². The Kier molecular flexibility index (Phi) is 3.52. The Hall–Kier alpha value is -0.590. The molecule has 0 spiro atoms. The van der Waals surface area contributed by atoms with Crippen molar-refractivity contribution < 1.29 is 0 Å². The van der Waals surface area contributed by atoms with Crippen LogP contribution in [0.2, 0.25) is 0 Å². The van der Waals surface area contributed by atoms with E-state index in [0.29, 0.717) is 6.04 Å². The van der Waals surface area contributed by atoms with E-state index >= 15 is 0 Å². The summed E-state index contributed by atoms with van der Waals surface area (Å²) in [5.74, 6) is 0. The highest BCUT2D eigenvalue weighted by atomic mass is 15.2. The van der Waals surface area contributed by atoms with E-state index < -0.39 is 5.54 Å². The minimum Gasteiger partial charge on any atom is -0.301 e. The van der Waals surface area contributed by atoms with Crippen LogP contribution in [0.4, 0.5) is 0 Å². The van der Waals surface area contributed by atoms with Crippen molar-refractivity contribution in [2.75, 3.05) is 13.6 Å². The summed E-state index contributed by atoms with van der Waals surface area (Å²) in [7, 11) is 2.11. The fraction of sp³-hybridized carbons (Fsp3) is 0.909. The average molecular weight is 195 g/mol. The Labute approximate surface area is 87.1 Å². The summed E-state index contributed by atoms with van der Waals surface area (Å²) in [6.07, 6.45) is 2.58. The number of hydrogen-bond donors (Lipinski definition) is 1. The molecule has 0 aliphatic heterocycles. The van der Waals surface area contributed by atoms with Gasteiger partial charge in [0.25, 0.3) is 0 Å². The van der Waals surface area contributed by atoms with E-state index in [0.717, 1.165) is 12.6 Å². The van der Waals surface area contributed by atoms with Crippen LogP contribution in [0.3, 0.4) is 0 Å². The molecule has 1 aliphatic carbocycles. The molecule has 0 amide bonds. The van der Waals surface area contributed by atoms with Gasteiger partial charge in [0.05, 0.1) is 6.07 Å². The van der Waals surface area contributed by atoms with E-state index in [1.807, 2.05) is 6.92 Å². The first kappa shape index (κ1) is 11.5. The molecule has 1 N–H and O–H groups in total. The van der Waals surface area contributed by atoms with Gasteiger partial charge >= 0.3 is 0 Å². The van der Waals surface area contributed by atoms with Gasteiger partial charge in [0.2, 0.25) is 0 Å². The van der Waals surface area contributed by atoms with Crippen molar-refractivity contribution in [2.45, 2.75) is 51.2 Å². The first-order valence-corrected chi connectivity index (χ1v) is 5.36. The number of rotatable bonds is 5. The first-order valence-electron chi connectivity index (χ1n) is 5.36. The molecule has 1 atom stereocenters. The summed E-state index contributed by atoms with van der Waals surface area (Å²) in [5, 5.41) is 12.5. The molecule has 1 unspecified atom stereocenters. The lowest BCUT2D eigenvalue weighted by atomic mass is 10.0. The van der Waals surface area contributed by atoms with Gasteiger partial charge in [-0.2, -0.15) is 5.26 Å². The molecule has 80 valence electrons. The van der Waals surface area contributed by atoms with Gasteiger partial charge < -0.3 is 4.90 Å². The van der Waals surface area contributed by atoms with Gasteiger partial charge in [0, 0.05) is 18.6 Å². The van der Waals surface area contributed by atoms with Crippen LogP contribution in [0.1, 0.15) is 33.6 Å². The second-order valence-corrected chi connectivity index (χ2v) is 4.89. The lowest BCUT2D eigenvalue weighted by molar-refractivity contribution is 0.243. The van der Waals surface area contributed by atoms with Crippen LogP contribution in [0.5, 0.6) is 0 Å². The topological polar surface area (TPSA) is 39.1 Å². The molecule has 0 aromatic carbocycles. The SMILES string of the molecule is CC(C)NC(C)(C#N)CN(C)C1CC1. The highest BCUT2D eigenvalue weighted by Crippen LogP contribution is 2.26. The predicted octanol–water partition coefficient (Wildman–Crippen LogP) is 1.36. The number of likely N-dealkylation sites (N-methyl/N-ethyl adjacent to an activating group) is 1. The number of nitrogens with one attached hydrogen (secondary N) is 1. The molecule has 0 bridgehead atoms. The Morgan fingerprint density at radius 3 is 2.50 bits per heavy atom. The first-order chi connectivity index (χ1) is 6.47. The summed E-state index contributed by atoms with van der Waals surface area (Å²) in [6.45, 7) is 6.94. The van der Waals surface area contributed by atoms with Crippen molar-refractivity contribution in [2.24, 2.45) is 0 Å². The highest BCUT2D eigenvalue weighted by Gasteiger charge is 2.33. The fourth-order valence-corrected chi connectivity index (χ4v) is 1.89. The van der Waals surface area contributed by atoms with E-state index in [-0.39, 0.29) is 0 Å². The summed E-state index contributed by atoms with van der Waals surface area (Å²) < 4.78 is 0. The van der Waals surface area contributed by atoms with Crippen LogP contribution < -0.4 is 5.32 Å². The lowest BCUT2D eigenvalue weighted by Gasteiger charge is -2.30. The van der Waals surface area contributed by atoms with Gasteiger partial charge in [0.15, 0.2) is 0 Å². The maximum absolute atomic E-state index is 9.15. The summed E-state index contributed by atoms with van der Waals surface area (Å²) >= 11 is 0. The monoisotopic (exact) mass is 195 g/mol. The maximum Gasteiger partial charge on any atom is 0.116 e. The number of nitriles is 1. The minimum atomic E-state index is -0.411. The molecule has 0 heterocycles. The van der Waals surface area contributed by atoms with Gasteiger partial charge in [-0.05, 0) is 40.7 Å². The zero-order valence-corrected chi connectivity index (χ0v) is 9.67. The van der Waals surface area contributed by atoms with Gasteiger partial charge in [0.1, 0.15) is 5.54 Å². The number of hydrogen-bond acceptors (Lipinski definition) is 3. The Bertz CT molecular complexity index is 227. The molecule has 1 saturated carbocycles. The molecule has 1 rings (SSSR count). The average Bonchev–Trinajstić information content (AvgIpc) is 2.84. The van der Waals surface area contributed by atoms with E-state index in [4.69, 9.17) is 5.26 Å². The van der Waals surface area contributed by atoms with Crippen LogP contribution in [0, 0.1) is 11.3 Å². The third-order valence-corrected chi connectivity index (χ3v) is 2.59. The highest BCUT2D eigenvalue weighted by molar-refractivity contribution is 5.07. The molecule has 14 heavy (non-hydrogen) atoms. The van der Waals surface area contributed by atoms with Crippen molar-refractivity contribution in [3.8, 4) is 6.07 Å². The van der Waals surface area contributed by atoms with Crippen molar-refractivity contribution >= 4 is 0 Å². The second kappa shape index (κ2) is 4.29. The molecule has 0 saturated heterocycles. The molecule has 3 heteroatoms. The normalized spacial score (nSPS) is 20.9. The Morgan fingerprint density at radius 2 is 2.14 bits per heavy atom. The quantitative estimate of drug-likeness (QED) is 0.720. The Morgan fingerprint density at radius 1 is 1.57 bits per heavy atom. The van der Waals surface area contributed by atoms with Crippen LogP contribution in [0.15, 0.2) is 0 Å². The van der Waals surface area contributed by atoms with Crippen molar-refractivity contribution in [1.29, 1.82) is 5.26 Å². The fourth-order valence-electron chi connectivity index (χ4n) is 1.89. The summed E-state index contributed by atoms with van der Waals surface area (Å²) in [5.41, 5.74) is -0.411. The third-order valence-electron chi connectivity index (χ3n) is 2.59. The van der Waals surface area contributed by atoms with Crippen LogP contribution in [-0.4, -0.2) is 36.1 Å². The predicted molar refractivity (Wildman–Crippen MR) is 57.9 cm³/mol. The van der Waals surface area contributed by atoms with Crippen LogP contribution >= 0.6 is 0 Å². The van der Waals surface area contributed by atoms with Crippen molar-refractivity contribution in [1.82, 2.24) is 10.2 Å².